The van der Waals surface area contributed by atoms with Crippen LogP contribution < -0.4 is 20.1 Å². The SMILES string of the molecule is CCOc1ccc(C(=O)NC(=NCc2c(C)nn(CC)c2C)Nc2ccc(C)cc2)cc1OCC. The smallest absolute Gasteiger partial charge is 0.258 e. The van der Waals surface area contributed by atoms with Crippen molar-refractivity contribution >= 4 is 17.6 Å². The highest BCUT2D eigenvalue weighted by atomic mass is 16.5. The van der Waals surface area contributed by atoms with Crippen LogP contribution in [-0.2, 0) is 13.1 Å². The minimum absolute atomic E-state index is 0.301. The summed E-state index contributed by atoms with van der Waals surface area (Å²) in [5, 5.41) is 10.7. The molecule has 2 N–H and O–H groups in total. The van der Waals surface area contributed by atoms with E-state index < -0.39 is 0 Å². The van der Waals surface area contributed by atoms with E-state index >= 15 is 0 Å². The molecule has 8 nitrogen and oxygen atoms in total. The first-order valence-corrected chi connectivity index (χ1v) is 12.0. The molecule has 0 radical (unpaired) electrons. The fourth-order valence-electron chi connectivity index (χ4n) is 3.68. The van der Waals surface area contributed by atoms with Gasteiger partial charge in [-0.05, 0) is 71.9 Å². The summed E-state index contributed by atoms with van der Waals surface area (Å²) in [6, 6.07) is 13.1. The zero-order valence-electron chi connectivity index (χ0n) is 21.4. The van der Waals surface area contributed by atoms with Gasteiger partial charge in [-0.25, -0.2) is 4.99 Å². The predicted octanol–water partition coefficient (Wildman–Crippen LogP) is 5.02. The number of rotatable bonds is 9. The third kappa shape index (κ3) is 6.62. The summed E-state index contributed by atoms with van der Waals surface area (Å²) in [6.07, 6.45) is 0. The molecular formula is C27H35N5O3. The van der Waals surface area contributed by atoms with Crippen molar-refractivity contribution in [3.63, 3.8) is 0 Å². The van der Waals surface area contributed by atoms with Crippen LogP contribution in [0.1, 0.15) is 53.6 Å². The van der Waals surface area contributed by atoms with Crippen molar-refractivity contribution < 1.29 is 14.3 Å². The largest absolute Gasteiger partial charge is 0.490 e. The maximum absolute atomic E-state index is 13.2. The molecule has 1 heterocycles. The second-order valence-corrected chi connectivity index (χ2v) is 8.10. The number of hydrogen-bond acceptors (Lipinski definition) is 5. The molecule has 0 saturated carbocycles. The summed E-state index contributed by atoms with van der Waals surface area (Å²) < 4.78 is 13.3. The summed E-state index contributed by atoms with van der Waals surface area (Å²) in [5.74, 6) is 1.19. The Bertz CT molecular complexity index is 1180. The Kier molecular flexibility index (Phi) is 8.89. The highest BCUT2D eigenvalue weighted by Gasteiger charge is 2.15. The number of hydrogen-bond donors (Lipinski definition) is 2. The summed E-state index contributed by atoms with van der Waals surface area (Å²) >= 11 is 0. The minimum atomic E-state index is -0.301. The molecule has 0 fully saturated rings. The number of aromatic nitrogens is 2. The fourth-order valence-corrected chi connectivity index (χ4v) is 3.68. The van der Waals surface area contributed by atoms with Gasteiger partial charge in [0.1, 0.15) is 0 Å². The molecule has 0 aliphatic carbocycles. The quantitative estimate of drug-likeness (QED) is 0.333. The number of anilines is 1. The standard InChI is InChI=1S/C27H35N5O3/c1-7-32-20(6)23(19(5)31-32)17-28-27(29-22-13-10-18(4)11-14-22)30-26(33)21-12-15-24(34-8-2)25(16-21)35-9-3/h10-16H,7-9,17H2,1-6H3,(H2,28,29,30,33). The van der Waals surface area contributed by atoms with E-state index in [1.165, 1.54) is 0 Å². The van der Waals surface area contributed by atoms with Crippen LogP contribution in [0.4, 0.5) is 5.69 Å². The second-order valence-electron chi connectivity index (χ2n) is 8.10. The third-order valence-electron chi connectivity index (χ3n) is 5.58. The summed E-state index contributed by atoms with van der Waals surface area (Å²) in [6.45, 7) is 14.1. The molecule has 0 spiro atoms. The van der Waals surface area contributed by atoms with Gasteiger partial charge in [0.05, 0.1) is 25.5 Å². The van der Waals surface area contributed by atoms with E-state index in [2.05, 4.69) is 22.7 Å². The highest BCUT2D eigenvalue weighted by Crippen LogP contribution is 2.28. The molecule has 186 valence electrons. The van der Waals surface area contributed by atoms with Gasteiger partial charge in [0.2, 0.25) is 5.96 Å². The number of nitrogens with one attached hydrogen (secondary N) is 2. The molecule has 0 aliphatic rings. The van der Waals surface area contributed by atoms with Crippen molar-refractivity contribution in [1.29, 1.82) is 0 Å². The van der Waals surface area contributed by atoms with Crippen molar-refractivity contribution in [2.24, 2.45) is 4.99 Å². The molecule has 0 atom stereocenters. The Labute approximate surface area is 207 Å². The summed E-state index contributed by atoms with van der Waals surface area (Å²) in [7, 11) is 0. The number of aryl methyl sites for hydroxylation is 3. The average Bonchev–Trinajstić information content (AvgIpc) is 3.12. The summed E-state index contributed by atoms with van der Waals surface area (Å²) in [5.41, 5.74) is 5.47. The van der Waals surface area contributed by atoms with Crippen molar-refractivity contribution in [2.45, 2.75) is 54.6 Å². The van der Waals surface area contributed by atoms with Crippen LogP contribution >= 0.6 is 0 Å². The Hall–Kier alpha value is -3.81. The Morgan fingerprint density at radius 2 is 1.66 bits per heavy atom. The van der Waals surface area contributed by atoms with E-state index in [1.54, 1.807) is 18.2 Å². The maximum atomic E-state index is 13.2. The molecule has 0 saturated heterocycles. The van der Waals surface area contributed by atoms with Crippen molar-refractivity contribution in [3.05, 3.63) is 70.5 Å². The third-order valence-corrected chi connectivity index (χ3v) is 5.58. The van der Waals surface area contributed by atoms with E-state index in [0.29, 0.717) is 42.8 Å². The lowest BCUT2D eigenvalue weighted by atomic mass is 10.2. The number of nitrogens with zero attached hydrogens (tertiary/aromatic N) is 3. The molecule has 35 heavy (non-hydrogen) atoms. The van der Waals surface area contributed by atoms with Gasteiger partial charge in [-0.15, -0.1) is 0 Å². The van der Waals surface area contributed by atoms with Crippen LogP contribution in [-0.4, -0.2) is 34.9 Å². The topological polar surface area (TPSA) is 89.8 Å². The van der Waals surface area contributed by atoms with Crippen LogP contribution in [0.3, 0.4) is 0 Å². The maximum Gasteiger partial charge on any atom is 0.258 e. The monoisotopic (exact) mass is 477 g/mol. The van der Waals surface area contributed by atoms with Crippen LogP contribution in [0.5, 0.6) is 11.5 Å². The van der Waals surface area contributed by atoms with Crippen molar-refractivity contribution in [1.82, 2.24) is 15.1 Å². The van der Waals surface area contributed by atoms with E-state index in [-0.39, 0.29) is 5.91 Å². The van der Waals surface area contributed by atoms with E-state index in [9.17, 15) is 4.79 Å². The van der Waals surface area contributed by atoms with Gasteiger partial charge in [-0.2, -0.15) is 5.10 Å². The number of carbonyl (C=O) groups is 1. The van der Waals surface area contributed by atoms with Crippen molar-refractivity contribution in [2.75, 3.05) is 18.5 Å². The minimum Gasteiger partial charge on any atom is -0.490 e. The Morgan fingerprint density at radius 3 is 2.29 bits per heavy atom. The Morgan fingerprint density at radius 1 is 0.971 bits per heavy atom. The van der Waals surface area contributed by atoms with Crippen LogP contribution in [0.25, 0.3) is 0 Å². The fraction of sp³-hybridized carbons (Fsp3) is 0.370. The molecule has 3 aromatic rings. The van der Waals surface area contributed by atoms with Gasteiger partial charge < -0.3 is 14.8 Å². The van der Waals surface area contributed by atoms with Crippen LogP contribution in [0.15, 0.2) is 47.5 Å². The molecule has 0 aliphatic heterocycles. The lowest BCUT2D eigenvalue weighted by Crippen LogP contribution is -2.36. The highest BCUT2D eigenvalue weighted by molar-refractivity contribution is 6.10. The van der Waals surface area contributed by atoms with Gasteiger partial charge in [0, 0.05) is 29.1 Å². The number of guanidine groups is 1. The molecule has 1 amide bonds. The lowest BCUT2D eigenvalue weighted by molar-refractivity contribution is 0.0976. The van der Waals surface area contributed by atoms with E-state index in [4.69, 9.17) is 14.5 Å². The molecule has 0 bridgehead atoms. The van der Waals surface area contributed by atoms with Gasteiger partial charge in [0.15, 0.2) is 11.5 Å². The molecule has 3 rings (SSSR count). The van der Waals surface area contributed by atoms with Gasteiger partial charge in [-0.1, -0.05) is 17.7 Å². The van der Waals surface area contributed by atoms with Crippen LogP contribution in [0.2, 0.25) is 0 Å². The van der Waals surface area contributed by atoms with Crippen molar-refractivity contribution in [3.8, 4) is 11.5 Å². The van der Waals surface area contributed by atoms with E-state index in [1.807, 2.05) is 63.6 Å². The zero-order valence-corrected chi connectivity index (χ0v) is 21.4. The molecule has 2 aromatic carbocycles. The number of ether oxygens (including phenoxy) is 2. The second kappa shape index (κ2) is 12.1. The zero-order chi connectivity index (χ0) is 25.4. The Balaban J connectivity index is 1.88. The molecular weight excluding hydrogens is 442 g/mol. The number of aliphatic imine (C=N–C) groups is 1. The number of benzene rings is 2. The van der Waals surface area contributed by atoms with Crippen LogP contribution in [0, 0.1) is 20.8 Å². The molecule has 0 unspecified atom stereocenters. The lowest BCUT2D eigenvalue weighted by Gasteiger charge is -2.14. The van der Waals surface area contributed by atoms with E-state index in [0.717, 1.165) is 34.7 Å². The van der Waals surface area contributed by atoms with Gasteiger partial charge in [-0.3, -0.25) is 14.8 Å². The molecule has 1 aromatic heterocycles. The first-order valence-electron chi connectivity index (χ1n) is 12.0. The van der Waals surface area contributed by atoms with Gasteiger partial charge in [0.25, 0.3) is 5.91 Å². The normalized spacial score (nSPS) is 11.3. The first-order chi connectivity index (χ1) is 16.9. The number of carbonyl (C=O) groups excluding carboxylic acids is 1. The molecule has 8 heteroatoms. The van der Waals surface area contributed by atoms with Gasteiger partial charge >= 0.3 is 0 Å². The average molecular weight is 478 g/mol. The first kappa shape index (κ1) is 25.8. The predicted molar refractivity (Wildman–Crippen MR) is 140 cm³/mol. The summed E-state index contributed by atoms with van der Waals surface area (Å²) in [4.78, 5) is 17.9. The number of amides is 1.